The Morgan fingerprint density at radius 3 is 2.45 bits per heavy atom. The van der Waals surface area contributed by atoms with E-state index in [0.29, 0.717) is 25.4 Å². The van der Waals surface area contributed by atoms with Crippen molar-refractivity contribution in [1.29, 1.82) is 0 Å². The molecule has 0 aromatic heterocycles. The lowest BCUT2D eigenvalue weighted by atomic mass is 9.82. The number of hydrogen-bond acceptors (Lipinski definition) is 2. The first kappa shape index (κ1) is 17.5. The molecule has 3 heteroatoms. The highest BCUT2D eigenvalue weighted by Crippen LogP contribution is 2.32. The standard InChI is InChI=1S/C17H33NO2/c1-5-17(6-2,16(19)20)12-18-15-10-9-14(11-15)8-7-13(3)4/h13-15,18H,5-12H2,1-4H3,(H,19,20). The van der Waals surface area contributed by atoms with Crippen molar-refractivity contribution in [3.8, 4) is 0 Å². The Balaban J connectivity index is 2.37. The van der Waals surface area contributed by atoms with Crippen LogP contribution in [0.5, 0.6) is 0 Å². The van der Waals surface area contributed by atoms with Gasteiger partial charge in [0.15, 0.2) is 0 Å². The topological polar surface area (TPSA) is 49.3 Å². The molecule has 0 saturated heterocycles. The lowest BCUT2D eigenvalue weighted by Crippen LogP contribution is -2.43. The van der Waals surface area contributed by atoms with Gasteiger partial charge in [-0.15, -0.1) is 0 Å². The van der Waals surface area contributed by atoms with Crippen LogP contribution in [0.1, 0.15) is 72.6 Å². The van der Waals surface area contributed by atoms with Crippen molar-refractivity contribution >= 4 is 5.97 Å². The molecule has 1 rings (SSSR count). The van der Waals surface area contributed by atoms with Gasteiger partial charge in [-0.3, -0.25) is 4.79 Å². The van der Waals surface area contributed by atoms with Crippen LogP contribution in [-0.2, 0) is 4.79 Å². The summed E-state index contributed by atoms with van der Waals surface area (Å²) in [6.45, 7) is 9.17. The molecular formula is C17H33NO2. The minimum Gasteiger partial charge on any atom is -0.481 e. The zero-order valence-electron chi connectivity index (χ0n) is 13.7. The zero-order chi connectivity index (χ0) is 15.2. The predicted octanol–water partition coefficient (Wildman–Crippen LogP) is 4.07. The summed E-state index contributed by atoms with van der Waals surface area (Å²) in [4.78, 5) is 11.5. The smallest absolute Gasteiger partial charge is 0.310 e. The van der Waals surface area contributed by atoms with E-state index in [0.717, 1.165) is 11.8 Å². The number of carboxylic acids is 1. The molecule has 2 atom stereocenters. The third-order valence-corrected chi connectivity index (χ3v) is 5.23. The van der Waals surface area contributed by atoms with Crippen LogP contribution in [0.2, 0.25) is 0 Å². The second-order valence-electron chi connectivity index (χ2n) is 7.02. The molecular weight excluding hydrogens is 250 g/mol. The molecule has 0 heterocycles. The first-order valence-corrected chi connectivity index (χ1v) is 8.40. The van der Waals surface area contributed by atoms with Crippen molar-refractivity contribution in [2.75, 3.05) is 6.54 Å². The molecule has 0 aromatic rings. The van der Waals surface area contributed by atoms with Gasteiger partial charge in [0.1, 0.15) is 0 Å². The molecule has 0 amide bonds. The number of rotatable bonds is 9. The lowest BCUT2D eigenvalue weighted by molar-refractivity contribution is -0.149. The van der Waals surface area contributed by atoms with E-state index >= 15 is 0 Å². The summed E-state index contributed by atoms with van der Waals surface area (Å²) >= 11 is 0. The van der Waals surface area contributed by atoms with Crippen LogP contribution < -0.4 is 5.32 Å². The Labute approximate surface area is 124 Å². The minimum absolute atomic E-state index is 0.531. The van der Waals surface area contributed by atoms with Crippen LogP contribution in [0, 0.1) is 17.3 Å². The summed E-state index contributed by atoms with van der Waals surface area (Å²) in [6.07, 6.45) is 7.82. The molecule has 0 bridgehead atoms. The van der Waals surface area contributed by atoms with Gasteiger partial charge in [0.05, 0.1) is 5.41 Å². The van der Waals surface area contributed by atoms with Crippen LogP contribution in [0.15, 0.2) is 0 Å². The Kier molecular flexibility index (Phi) is 7.01. The summed E-state index contributed by atoms with van der Waals surface area (Å²) < 4.78 is 0. The summed E-state index contributed by atoms with van der Waals surface area (Å²) in [5.41, 5.74) is -0.573. The number of carboxylic acid groups (broad SMARTS) is 1. The fraction of sp³-hybridized carbons (Fsp3) is 0.941. The van der Waals surface area contributed by atoms with Crippen LogP contribution in [-0.4, -0.2) is 23.7 Å². The molecule has 1 fully saturated rings. The van der Waals surface area contributed by atoms with Gasteiger partial charge < -0.3 is 10.4 Å². The van der Waals surface area contributed by atoms with Crippen molar-refractivity contribution in [2.24, 2.45) is 17.3 Å². The fourth-order valence-electron chi connectivity index (χ4n) is 3.31. The van der Waals surface area contributed by atoms with Gasteiger partial charge in [0, 0.05) is 12.6 Å². The Morgan fingerprint density at radius 1 is 1.30 bits per heavy atom. The molecule has 1 aliphatic rings. The molecule has 20 heavy (non-hydrogen) atoms. The van der Waals surface area contributed by atoms with Crippen LogP contribution in [0.3, 0.4) is 0 Å². The van der Waals surface area contributed by atoms with Gasteiger partial charge in [0.25, 0.3) is 0 Å². The molecule has 1 saturated carbocycles. The molecule has 0 radical (unpaired) electrons. The highest BCUT2D eigenvalue weighted by atomic mass is 16.4. The molecule has 1 aliphatic carbocycles. The SMILES string of the molecule is CCC(CC)(CNC1CCC(CCC(C)C)C1)C(=O)O. The van der Waals surface area contributed by atoms with E-state index in [1.165, 1.54) is 32.1 Å². The van der Waals surface area contributed by atoms with E-state index in [4.69, 9.17) is 0 Å². The monoisotopic (exact) mass is 283 g/mol. The average Bonchev–Trinajstić information content (AvgIpc) is 2.86. The molecule has 2 unspecified atom stereocenters. The quantitative estimate of drug-likeness (QED) is 0.670. The van der Waals surface area contributed by atoms with Crippen molar-refractivity contribution in [2.45, 2.75) is 78.7 Å². The Bertz CT molecular complexity index is 297. The van der Waals surface area contributed by atoms with Crippen molar-refractivity contribution in [3.05, 3.63) is 0 Å². The number of aliphatic carboxylic acids is 1. The van der Waals surface area contributed by atoms with E-state index in [9.17, 15) is 9.90 Å². The van der Waals surface area contributed by atoms with Gasteiger partial charge in [-0.05, 0) is 43.9 Å². The second-order valence-corrected chi connectivity index (χ2v) is 7.02. The Morgan fingerprint density at radius 2 is 1.95 bits per heavy atom. The molecule has 0 aromatic carbocycles. The molecule has 118 valence electrons. The maximum atomic E-state index is 11.5. The van der Waals surface area contributed by atoms with Gasteiger partial charge in [0.2, 0.25) is 0 Å². The van der Waals surface area contributed by atoms with Crippen LogP contribution in [0.4, 0.5) is 0 Å². The largest absolute Gasteiger partial charge is 0.481 e. The van der Waals surface area contributed by atoms with Crippen LogP contribution >= 0.6 is 0 Å². The maximum absolute atomic E-state index is 11.5. The molecule has 2 N–H and O–H groups in total. The van der Waals surface area contributed by atoms with Crippen molar-refractivity contribution in [3.63, 3.8) is 0 Å². The highest BCUT2D eigenvalue weighted by Gasteiger charge is 2.36. The average molecular weight is 283 g/mol. The summed E-state index contributed by atoms with van der Waals surface area (Å²) in [5.74, 6) is 0.989. The molecule has 0 aliphatic heterocycles. The number of carbonyl (C=O) groups is 1. The third kappa shape index (κ3) is 4.76. The van der Waals surface area contributed by atoms with E-state index in [1.54, 1.807) is 0 Å². The minimum atomic E-state index is -0.649. The molecule has 0 spiro atoms. The van der Waals surface area contributed by atoms with Crippen molar-refractivity contribution in [1.82, 2.24) is 5.32 Å². The first-order valence-electron chi connectivity index (χ1n) is 8.40. The lowest BCUT2D eigenvalue weighted by Gasteiger charge is -2.28. The fourth-order valence-corrected chi connectivity index (χ4v) is 3.31. The first-order chi connectivity index (χ1) is 9.43. The Hall–Kier alpha value is -0.570. The zero-order valence-corrected chi connectivity index (χ0v) is 13.7. The summed E-state index contributed by atoms with van der Waals surface area (Å²) in [5, 5.41) is 13.0. The van der Waals surface area contributed by atoms with Gasteiger partial charge >= 0.3 is 5.97 Å². The molecule has 3 nitrogen and oxygen atoms in total. The summed E-state index contributed by atoms with van der Waals surface area (Å²) in [7, 11) is 0. The third-order valence-electron chi connectivity index (χ3n) is 5.23. The van der Waals surface area contributed by atoms with E-state index < -0.39 is 11.4 Å². The van der Waals surface area contributed by atoms with Crippen molar-refractivity contribution < 1.29 is 9.90 Å². The summed E-state index contributed by atoms with van der Waals surface area (Å²) in [6, 6.07) is 0.531. The van der Waals surface area contributed by atoms with Gasteiger partial charge in [-0.2, -0.15) is 0 Å². The van der Waals surface area contributed by atoms with Gasteiger partial charge in [-0.25, -0.2) is 0 Å². The highest BCUT2D eigenvalue weighted by molar-refractivity contribution is 5.74. The number of hydrogen-bond donors (Lipinski definition) is 2. The predicted molar refractivity (Wildman–Crippen MR) is 83.9 cm³/mol. The van der Waals surface area contributed by atoms with E-state index in [-0.39, 0.29) is 0 Å². The van der Waals surface area contributed by atoms with Crippen LogP contribution in [0.25, 0.3) is 0 Å². The normalized spacial score (nSPS) is 23.4. The second kappa shape index (κ2) is 8.02. The maximum Gasteiger partial charge on any atom is 0.310 e. The van der Waals surface area contributed by atoms with Gasteiger partial charge in [-0.1, -0.05) is 40.5 Å². The van der Waals surface area contributed by atoms with E-state index in [1.807, 2.05) is 13.8 Å². The van der Waals surface area contributed by atoms with E-state index in [2.05, 4.69) is 19.2 Å². The number of nitrogens with one attached hydrogen (secondary N) is 1.